The Morgan fingerprint density at radius 1 is 1.25 bits per heavy atom. The number of benzene rings is 2. The zero-order chi connectivity index (χ0) is 17.4. The Morgan fingerprint density at radius 3 is 2.67 bits per heavy atom. The summed E-state index contributed by atoms with van der Waals surface area (Å²) < 4.78 is 0. The Balaban J connectivity index is 1.90. The number of nitrogens with two attached hydrogens (primary N) is 1. The molecule has 0 saturated heterocycles. The van der Waals surface area contributed by atoms with Crippen LogP contribution in [0.1, 0.15) is 5.56 Å². The molecule has 0 radical (unpaired) electrons. The molecule has 0 aliphatic carbocycles. The molecular weight excluding hydrogens is 324 g/mol. The highest BCUT2D eigenvalue weighted by atomic mass is 35.5. The first-order valence-electron chi connectivity index (χ1n) is 7.34. The summed E-state index contributed by atoms with van der Waals surface area (Å²) in [5.74, 6) is -0.509. The number of hydrogen-bond acceptors (Lipinski definition) is 4. The molecule has 0 spiro atoms. The Hall–Kier alpha value is -2.97. The number of rotatable bonds is 6. The maximum absolute atomic E-state index is 12.1. The van der Waals surface area contributed by atoms with Gasteiger partial charge in [0.15, 0.2) is 0 Å². The molecule has 0 aliphatic rings. The molecule has 0 unspecified atom stereocenters. The van der Waals surface area contributed by atoms with Crippen LogP contribution in [0.15, 0.2) is 60.3 Å². The van der Waals surface area contributed by atoms with E-state index in [0.717, 1.165) is 6.42 Å². The Labute approximate surface area is 145 Å². The summed E-state index contributed by atoms with van der Waals surface area (Å²) in [4.78, 5) is 12.1. The SMILES string of the molecule is N#C/C(=C/NCCc1ccccc1)C(=O)Nc1ccc(N)c(Cl)c1. The smallest absolute Gasteiger partial charge is 0.267 e. The third-order valence-corrected chi connectivity index (χ3v) is 3.60. The number of carbonyl (C=O) groups is 1. The first-order chi connectivity index (χ1) is 11.6. The van der Waals surface area contributed by atoms with E-state index >= 15 is 0 Å². The molecule has 6 heteroatoms. The van der Waals surface area contributed by atoms with Crippen LogP contribution in [0, 0.1) is 11.3 Å². The van der Waals surface area contributed by atoms with Gasteiger partial charge in [-0.15, -0.1) is 0 Å². The van der Waals surface area contributed by atoms with Gasteiger partial charge in [0.25, 0.3) is 5.91 Å². The number of hydrogen-bond donors (Lipinski definition) is 3. The average Bonchev–Trinajstić information content (AvgIpc) is 2.59. The van der Waals surface area contributed by atoms with Gasteiger partial charge < -0.3 is 16.4 Å². The van der Waals surface area contributed by atoms with Gasteiger partial charge >= 0.3 is 0 Å². The van der Waals surface area contributed by atoms with Crippen molar-refractivity contribution in [2.45, 2.75) is 6.42 Å². The molecule has 0 saturated carbocycles. The number of carbonyl (C=O) groups excluding carboxylic acids is 1. The van der Waals surface area contributed by atoms with Crippen molar-refractivity contribution < 1.29 is 4.79 Å². The van der Waals surface area contributed by atoms with E-state index in [1.807, 2.05) is 36.4 Å². The van der Waals surface area contributed by atoms with E-state index in [1.54, 1.807) is 12.1 Å². The van der Waals surface area contributed by atoms with Crippen LogP contribution in [0.2, 0.25) is 5.02 Å². The number of nitrogens with one attached hydrogen (secondary N) is 2. The maximum Gasteiger partial charge on any atom is 0.267 e. The molecule has 2 aromatic carbocycles. The van der Waals surface area contributed by atoms with Crippen LogP contribution in [-0.4, -0.2) is 12.5 Å². The van der Waals surface area contributed by atoms with Gasteiger partial charge in [-0.25, -0.2) is 0 Å². The summed E-state index contributed by atoms with van der Waals surface area (Å²) in [6, 6.07) is 16.6. The van der Waals surface area contributed by atoms with Gasteiger partial charge in [0.1, 0.15) is 11.6 Å². The minimum absolute atomic E-state index is 0.0176. The standard InChI is InChI=1S/C18H17ClN4O/c19-16-10-15(6-7-17(16)21)23-18(24)14(11-20)12-22-9-8-13-4-2-1-3-5-13/h1-7,10,12,22H,8-9,21H2,(H,23,24)/b14-12-. The molecule has 0 fully saturated rings. The Bertz CT molecular complexity index is 781. The minimum Gasteiger partial charge on any atom is -0.398 e. The number of nitrogens with zero attached hydrogens (tertiary/aromatic N) is 1. The van der Waals surface area contributed by atoms with Gasteiger partial charge in [-0.3, -0.25) is 4.79 Å². The molecule has 5 nitrogen and oxygen atoms in total. The molecule has 0 bridgehead atoms. The van der Waals surface area contributed by atoms with E-state index in [0.29, 0.717) is 22.9 Å². The molecule has 122 valence electrons. The fraction of sp³-hybridized carbons (Fsp3) is 0.111. The number of amides is 1. The van der Waals surface area contributed by atoms with Gasteiger partial charge in [0.05, 0.1) is 10.7 Å². The Morgan fingerprint density at radius 2 is 2.00 bits per heavy atom. The summed E-state index contributed by atoms with van der Waals surface area (Å²) in [6.45, 7) is 0.621. The maximum atomic E-state index is 12.1. The van der Waals surface area contributed by atoms with Crippen molar-refractivity contribution in [3.63, 3.8) is 0 Å². The predicted octanol–water partition coefficient (Wildman–Crippen LogP) is 3.10. The summed E-state index contributed by atoms with van der Waals surface area (Å²) in [5.41, 5.74) is 7.68. The Kier molecular flexibility index (Phi) is 6.23. The molecule has 0 atom stereocenters. The lowest BCUT2D eigenvalue weighted by Crippen LogP contribution is -2.18. The van der Waals surface area contributed by atoms with E-state index in [2.05, 4.69) is 10.6 Å². The van der Waals surface area contributed by atoms with Crippen molar-refractivity contribution in [1.82, 2.24) is 5.32 Å². The summed E-state index contributed by atoms with van der Waals surface area (Å²) in [6.07, 6.45) is 2.21. The lowest BCUT2D eigenvalue weighted by Gasteiger charge is -2.07. The van der Waals surface area contributed by atoms with E-state index in [4.69, 9.17) is 22.6 Å². The van der Waals surface area contributed by atoms with Gasteiger partial charge in [-0.05, 0) is 30.2 Å². The van der Waals surface area contributed by atoms with Crippen LogP contribution in [0.4, 0.5) is 11.4 Å². The van der Waals surface area contributed by atoms with Crippen LogP contribution < -0.4 is 16.4 Å². The zero-order valence-electron chi connectivity index (χ0n) is 12.9. The van der Waals surface area contributed by atoms with Crippen molar-refractivity contribution in [1.29, 1.82) is 5.26 Å². The summed E-state index contributed by atoms with van der Waals surface area (Å²) >= 11 is 5.90. The van der Waals surface area contributed by atoms with Gasteiger partial charge in [0.2, 0.25) is 0 Å². The van der Waals surface area contributed by atoms with Gasteiger partial charge in [-0.1, -0.05) is 41.9 Å². The minimum atomic E-state index is -0.509. The highest BCUT2D eigenvalue weighted by Gasteiger charge is 2.09. The lowest BCUT2D eigenvalue weighted by atomic mass is 10.1. The second kappa shape index (κ2) is 8.61. The molecule has 2 aromatic rings. The van der Waals surface area contributed by atoms with E-state index < -0.39 is 5.91 Å². The molecule has 2 rings (SSSR count). The van der Waals surface area contributed by atoms with E-state index in [1.165, 1.54) is 17.8 Å². The zero-order valence-corrected chi connectivity index (χ0v) is 13.7. The highest BCUT2D eigenvalue weighted by molar-refractivity contribution is 6.33. The molecule has 0 heterocycles. The number of nitrogen functional groups attached to an aromatic ring is 1. The van der Waals surface area contributed by atoms with E-state index in [9.17, 15) is 4.79 Å². The second-order valence-corrected chi connectivity index (χ2v) is 5.46. The van der Waals surface area contributed by atoms with Crippen molar-refractivity contribution in [3.05, 3.63) is 70.9 Å². The van der Waals surface area contributed by atoms with Crippen LogP contribution in [0.3, 0.4) is 0 Å². The molecular formula is C18H17ClN4O. The first kappa shape index (κ1) is 17.4. The van der Waals surface area contributed by atoms with Crippen LogP contribution in [-0.2, 0) is 11.2 Å². The van der Waals surface area contributed by atoms with Crippen LogP contribution in [0.5, 0.6) is 0 Å². The van der Waals surface area contributed by atoms with Gasteiger partial charge in [-0.2, -0.15) is 5.26 Å². The molecule has 1 amide bonds. The van der Waals surface area contributed by atoms with Crippen molar-refractivity contribution in [2.75, 3.05) is 17.6 Å². The molecule has 0 aromatic heterocycles. The lowest BCUT2D eigenvalue weighted by molar-refractivity contribution is -0.112. The fourth-order valence-electron chi connectivity index (χ4n) is 1.99. The summed E-state index contributed by atoms with van der Waals surface area (Å²) in [7, 11) is 0. The third kappa shape index (κ3) is 5.04. The number of nitriles is 1. The molecule has 0 aliphatic heterocycles. The second-order valence-electron chi connectivity index (χ2n) is 5.05. The van der Waals surface area contributed by atoms with Gasteiger partial charge in [0, 0.05) is 18.4 Å². The monoisotopic (exact) mass is 340 g/mol. The van der Waals surface area contributed by atoms with Crippen LogP contribution >= 0.6 is 11.6 Å². The van der Waals surface area contributed by atoms with Crippen LogP contribution in [0.25, 0.3) is 0 Å². The molecule has 24 heavy (non-hydrogen) atoms. The quantitative estimate of drug-likeness (QED) is 0.326. The summed E-state index contributed by atoms with van der Waals surface area (Å²) in [5, 5.41) is 15.1. The normalized spacial score (nSPS) is 10.8. The van der Waals surface area contributed by atoms with Crippen molar-refractivity contribution in [2.24, 2.45) is 0 Å². The van der Waals surface area contributed by atoms with Crippen molar-refractivity contribution >= 4 is 28.9 Å². The fourth-order valence-corrected chi connectivity index (χ4v) is 2.17. The largest absolute Gasteiger partial charge is 0.398 e. The predicted molar refractivity (Wildman–Crippen MR) is 96.3 cm³/mol. The van der Waals surface area contributed by atoms with Crippen molar-refractivity contribution in [3.8, 4) is 6.07 Å². The number of halogens is 1. The number of anilines is 2. The third-order valence-electron chi connectivity index (χ3n) is 3.27. The molecule has 4 N–H and O–H groups in total. The highest BCUT2D eigenvalue weighted by Crippen LogP contribution is 2.22. The topological polar surface area (TPSA) is 90.9 Å². The van der Waals surface area contributed by atoms with E-state index in [-0.39, 0.29) is 5.57 Å². The average molecular weight is 341 g/mol. The first-order valence-corrected chi connectivity index (χ1v) is 7.72.